The van der Waals surface area contributed by atoms with Crippen molar-refractivity contribution in [1.82, 2.24) is 14.7 Å². The number of hydrogen-bond acceptors (Lipinski definition) is 5. The predicted octanol–water partition coefficient (Wildman–Crippen LogP) is 5.46. The zero-order valence-electron chi connectivity index (χ0n) is 23.7. The molecule has 0 aromatic heterocycles. The molecule has 2 aliphatic rings. The highest BCUT2D eigenvalue weighted by atomic mass is 19.4. The van der Waals surface area contributed by atoms with Crippen LogP contribution >= 0.6 is 0 Å². The van der Waals surface area contributed by atoms with Gasteiger partial charge in [-0.25, -0.2) is 0 Å². The van der Waals surface area contributed by atoms with Crippen LogP contribution in [0.1, 0.15) is 32.6 Å². The molecule has 0 unspecified atom stereocenters. The molecule has 6 nitrogen and oxygen atoms in total. The van der Waals surface area contributed by atoms with Crippen LogP contribution in [-0.2, 0) is 34.4 Å². The molecule has 2 aromatic carbocycles. The van der Waals surface area contributed by atoms with Crippen molar-refractivity contribution in [2.24, 2.45) is 0 Å². The number of ether oxygens (including phenoxy) is 2. The van der Waals surface area contributed by atoms with Crippen LogP contribution in [0, 0.1) is 0 Å². The van der Waals surface area contributed by atoms with E-state index in [4.69, 9.17) is 9.47 Å². The summed E-state index contributed by atoms with van der Waals surface area (Å²) in [5, 5.41) is 0. The summed E-state index contributed by atoms with van der Waals surface area (Å²) in [6, 6.07) is 4.29. The molecule has 4 rings (SSSR count). The summed E-state index contributed by atoms with van der Waals surface area (Å²) in [5.74, 6) is -1.02. The Labute approximate surface area is 248 Å². The van der Waals surface area contributed by atoms with E-state index < -0.39 is 52.7 Å². The number of piperazine rings is 1. The van der Waals surface area contributed by atoms with Gasteiger partial charge in [0.15, 0.2) is 0 Å². The van der Waals surface area contributed by atoms with Crippen molar-refractivity contribution in [1.29, 1.82) is 0 Å². The summed E-state index contributed by atoms with van der Waals surface area (Å²) in [4.78, 5) is 19.0. The number of morpholine rings is 1. The summed E-state index contributed by atoms with van der Waals surface area (Å²) in [5.41, 5.74) is -4.43. The van der Waals surface area contributed by atoms with E-state index in [-0.39, 0.29) is 31.7 Å². The van der Waals surface area contributed by atoms with Gasteiger partial charge in [0.2, 0.25) is 0 Å². The van der Waals surface area contributed by atoms with E-state index in [2.05, 4.69) is 4.90 Å². The topological polar surface area (TPSA) is 45.2 Å². The molecule has 2 fully saturated rings. The van der Waals surface area contributed by atoms with Gasteiger partial charge in [0, 0.05) is 64.5 Å². The van der Waals surface area contributed by atoms with Gasteiger partial charge in [-0.3, -0.25) is 14.6 Å². The lowest BCUT2D eigenvalue weighted by Gasteiger charge is -2.43. The number of alkyl halides is 9. The Morgan fingerprint density at radius 2 is 1.36 bits per heavy atom. The third-order valence-corrected chi connectivity index (χ3v) is 7.72. The molecule has 244 valence electrons. The lowest BCUT2D eigenvalue weighted by Crippen LogP contribution is -2.57. The smallest absolute Gasteiger partial charge is 0.382 e. The maximum atomic E-state index is 13.5. The number of carbonyl (C=O) groups is 1. The molecule has 2 atom stereocenters. The van der Waals surface area contributed by atoms with Gasteiger partial charge in [0.1, 0.15) is 0 Å². The van der Waals surface area contributed by atoms with Gasteiger partial charge in [0.25, 0.3) is 5.91 Å². The summed E-state index contributed by atoms with van der Waals surface area (Å²) in [7, 11) is 1.57. The first-order chi connectivity index (χ1) is 20.5. The number of hydrogen-bond donors (Lipinski definition) is 0. The van der Waals surface area contributed by atoms with Crippen LogP contribution in [0.3, 0.4) is 0 Å². The van der Waals surface area contributed by atoms with Crippen LogP contribution in [0.4, 0.5) is 39.5 Å². The second kappa shape index (κ2) is 13.6. The van der Waals surface area contributed by atoms with Crippen molar-refractivity contribution in [3.05, 3.63) is 70.3 Å². The molecule has 15 heteroatoms. The van der Waals surface area contributed by atoms with Gasteiger partial charge >= 0.3 is 18.5 Å². The molecule has 2 heterocycles. The Morgan fingerprint density at radius 3 is 1.91 bits per heavy atom. The summed E-state index contributed by atoms with van der Waals surface area (Å²) in [6.45, 7) is 3.96. The van der Waals surface area contributed by atoms with E-state index in [0.717, 1.165) is 12.1 Å². The van der Waals surface area contributed by atoms with E-state index in [1.807, 2.05) is 4.90 Å². The second-order valence-electron chi connectivity index (χ2n) is 10.9. The lowest BCUT2D eigenvalue weighted by atomic mass is 9.98. The van der Waals surface area contributed by atoms with E-state index in [1.54, 1.807) is 7.11 Å². The number of rotatable bonds is 8. The van der Waals surface area contributed by atoms with Gasteiger partial charge in [-0.15, -0.1) is 0 Å². The fourth-order valence-corrected chi connectivity index (χ4v) is 5.46. The lowest BCUT2D eigenvalue weighted by molar-refractivity contribution is -0.143. The van der Waals surface area contributed by atoms with Crippen LogP contribution in [0.15, 0.2) is 42.5 Å². The monoisotopic (exact) mass is 641 g/mol. The SMILES string of the molecule is COC[C@H]1CN(CCN2CCN(C(=O)c3cc(C(F)(F)F)cc(C(F)(F)F)c3)[C@H](Cc3ccc(C(F)(F)F)cc3)C2)CCO1. The Hall–Kier alpha value is -2.88. The van der Waals surface area contributed by atoms with Crippen molar-refractivity contribution in [2.75, 3.05) is 66.1 Å². The van der Waals surface area contributed by atoms with Gasteiger partial charge in [0.05, 0.1) is 36.0 Å². The van der Waals surface area contributed by atoms with E-state index in [0.29, 0.717) is 63.6 Å². The van der Waals surface area contributed by atoms with Crippen LogP contribution in [0.25, 0.3) is 0 Å². The maximum absolute atomic E-state index is 13.5. The zero-order valence-corrected chi connectivity index (χ0v) is 23.7. The Balaban J connectivity index is 1.56. The molecule has 2 aliphatic heterocycles. The Kier molecular flexibility index (Phi) is 10.5. The highest BCUT2D eigenvalue weighted by Gasteiger charge is 2.39. The maximum Gasteiger partial charge on any atom is 0.416 e. The average Bonchev–Trinajstić information content (AvgIpc) is 2.95. The van der Waals surface area contributed by atoms with Crippen molar-refractivity contribution >= 4 is 5.91 Å². The minimum absolute atomic E-state index is 0.00284. The fourth-order valence-electron chi connectivity index (χ4n) is 5.46. The first kappa shape index (κ1) is 34.0. The molecule has 0 bridgehead atoms. The number of amides is 1. The molecule has 0 N–H and O–H groups in total. The highest BCUT2D eigenvalue weighted by molar-refractivity contribution is 5.95. The highest BCUT2D eigenvalue weighted by Crippen LogP contribution is 2.37. The molecule has 1 amide bonds. The molecule has 2 aromatic rings. The van der Waals surface area contributed by atoms with E-state index in [9.17, 15) is 44.3 Å². The van der Waals surface area contributed by atoms with Crippen LogP contribution in [0.2, 0.25) is 0 Å². The molecular weight excluding hydrogens is 609 g/mol. The second-order valence-corrected chi connectivity index (χ2v) is 10.9. The van der Waals surface area contributed by atoms with Gasteiger partial charge in [-0.1, -0.05) is 12.1 Å². The van der Waals surface area contributed by atoms with Gasteiger partial charge in [-0.2, -0.15) is 39.5 Å². The van der Waals surface area contributed by atoms with Gasteiger partial charge in [-0.05, 0) is 42.3 Å². The standard InChI is InChI=1S/C29H32F9N3O3/c1-43-18-25-17-40(10-11-44-25)7-6-39-8-9-41(24(16-39)12-19-2-4-21(5-3-19)27(30,31)32)26(42)20-13-22(28(33,34)35)15-23(14-20)29(36,37)38/h2-5,13-15,24-25H,6-12,16-18H2,1H3/t24-,25-/m1/s1. The molecule has 0 radical (unpaired) electrons. The number of benzene rings is 2. The predicted molar refractivity (Wildman–Crippen MR) is 141 cm³/mol. The third-order valence-electron chi connectivity index (χ3n) is 7.72. The molecule has 0 saturated carbocycles. The van der Waals surface area contributed by atoms with Crippen molar-refractivity contribution in [3.63, 3.8) is 0 Å². The summed E-state index contributed by atoms with van der Waals surface area (Å²) >= 11 is 0. The fraction of sp³-hybridized carbons (Fsp3) is 0.552. The molecule has 0 aliphatic carbocycles. The van der Waals surface area contributed by atoms with Crippen LogP contribution in [-0.4, -0.2) is 98.9 Å². The minimum atomic E-state index is -5.13. The zero-order chi connectivity index (χ0) is 32.3. The van der Waals surface area contributed by atoms with Crippen molar-refractivity contribution in [3.8, 4) is 0 Å². The number of nitrogens with zero attached hydrogens (tertiary/aromatic N) is 3. The van der Waals surface area contributed by atoms with E-state index in [1.165, 1.54) is 17.0 Å². The number of halogens is 9. The molecule has 44 heavy (non-hydrogen) atoms. The molecule has 0 spiro atoms. The van der Waals surface area contributed by atoms with Crippen molar-refractivity contribution < 1.29 is 53.8 Å². The quantitative estimate of drug-likeness (QED) is 0.359. The van der Waals surface area contributed by atoms with Crippen molar-refractivity contribution in [2.45, 2.75) is 37.1 Å². The largest absolute Gasteiger partial charge is 0.416 e. The number of methoxy groups -OCH3 is 1. The van der Waals surface area contributed by atoms with E-state index >= 15 is 0 Å². The van der Waals surface area contributed by atoms with Crippen LogP contribution < -0.4 is 0 Å². The summed E-state index contributed by atoms with van der Waals surface area (Å²) in [6.07, 6.45) is -14.9. The normalized spacial score (nSPS) is 21.1. The first-order valence-electron chi connectivity index (χ1n) is 13.9. The Bertz CT molecular complexity index is 1230. The Morgan fingerprint density at radius 1 is 0.795 bits per heavy atom. The molecule has 2 saturated heterocycles. The minimum Gasteiger partial charge on any atom is -0.382 e. The average molecular weight is 642 g/mol. The first-order valence-corrected chi connectivity index (χ1v) is 13.9. The van der Waals surface area contributed by atoms with Crippen LogP contribution in [0.5, 0.6) is 0 Å². The third kappa shape index (κ3) is 8.86. The van der Waals surface area contributed by atoms with Gasteiger partial charge < -0.3 is 14.4 Å². The summed E-state index contributed by atoms with van der Waals surface area (Å²) < 4.78 is 131. The number of carbonyl (C=O) groups excluding carboxylic acids is 1. The molecular formula is C29H32F9N3O3.